The molecule has 0 radical (unpaired) electrons. The maximum atomic E-state index is 13.0. The Morgan fingerprint density at radius 2 is 1.83 bits per heavy atom. The number of nitrogens with one attached hydrogen (secondary N) is 2. The largest absolute Gasteiger partial charge is 0.387 e. The summed E-state index contributed by atoms with van der Waals surface area (Å²) in [5, 5.41) is 6.37. The average molecular weight is 345 g/mol. The topological polar surface area (TPSA) is 61.4 Å². The zero-order valence-electron chi connectivity index (χ0n) is 14.0. The van der Waals surface area contributed by atoms with E-state index in [4.69, 9.17) is 0 Å². The first-order chi connectivity index (χ1) is 11.5. The molecule has 1 heterocycles. The number of aryl methyl sites for hydroxylation is 1. The summed E-state index contributed by atoms with van der Waals surface area (Å²) in [5.74, 6) is 0. The van der Waals surface area contributed by atoms with Gasteiger partial charge in [-0.3, -0.25) is 0 Å². The summed E-state index contributed by atoms with van der Waals surface area (Å²) in [6, 6.07) is 12.6. The van der Waals surface area contributed by atoms with Crippen LogP contribution in [0.3, 0.4) is 0 Å². The van der Waals surface area contributed by atoms with Crippen molar-refractivity contribution in [3.05, 3.63) is 48.0 Å². The number of piperazine rings is 1. The van der Waals surface area contributed by atoms with Crippen LogP contribution in [-0.4, -0.2) is 41.6 Å². The Labute approximate surface area is 143 Å². The molecule has 0 spiro atoms. The van der Waals surface area contributed by atoms with Crippen molar-refractivity contribution < 1.29 is 8.42 Å². The maximum absolute atomic E-state index is 13.0. The third-order valence-corrected chi connectivity index (χ3v) is 6.11. The number of nitrogens with zero attached hydrogens (tertiary/aromatic N) is 1. The molecule has 3 rings (SSSR count). The molecular weight excluding hydrogens is 322 g/mol. The van der Waals surface area contributed by atoms with Gasteiger partial charge in [0.25, 0.3) is 0 Å². The molecule has 0 saturated carbocycles. The molecule has 24 heavy (non-hydrogen) atoms. The molecule has 0 aromatic heterocycles. The van der Waals surface area contributed by atoms with Gasteiger partial charge in [0.05, 0.1) is 15.5 Å². The Bertz CT molecular complexity index is 828. The molecule has 0 amide bonds. The fourth-order valence-corrected chi connectivity index (χ4v) is 4.53. The minimum absolute atomic E-state index is 0.314. The number of benzene rings is 2. The summed E-state index contributed by atoms with van der Waals surface area (Å²) in [7, 11) is -1.79. The third-order valence-electron chi connectivity index (χ3n) is 4.30. The lowest BCUT2D eigenvalue weighted by atomic mass is 10.2. The summed E-state index contributed by atoms with van der Waals surface area (Å²) in [6.45, 7) is 5.63. The highest BCUT2D eigenvalue weighted by molar-refractivity contribution is 7.91. The van der Waals surface area contributed by atoms with Gasteiger partial charge in [-0.2, -0.15) is 0 Å². The van der Waals surface area contributed by atoms with E-state index in [0.29, 0.717) is 15.5 Å². The molecule has 2 N–H and O–H groups in total. The Kier molecular flexibility index (Phi) is 4.78. The maximum Gasteiger partial charge on any atom is 0.208 e. The summed E-state index contributed by atoms with van der Waals surface area (Å²) < 4.78 is 26.0. The number of rotatable bonds is 4. The highest BCUT2D eigenvalue weighted by atomic mass is 32.2. The number of hydrogen-bond acceptors (Lipinski definition) is 5. The van der Waals surface area contributed by atoms with Crippen LogP contribution < -0.4 is 15.5 Å². The van der Waals surface area contributed by atoms with Crippen molar-refractivity contribution in [2.24, 2.45) is 0 Å². The zero-order valence-corrected chi connectivity index (χ0v) is 14.9. The van der Waals surface area contributed by atoms with Crippen LogP contribution in [-0.2, 0) is 9.84 Å². The third kappa shape index (κ3) is 3.25. The van der Waals surface area contributed by atoms with Gasteiger partial charge in [-0.05, 0) is 42.8 Å². The summed E-state index contributed by atoms with van der Waals surface area (Å²) in [6.07, 6.45) is 0. The van der Waals surface area contributed by atoms with E-state index in [2.05, 4.69) is 15.5 Å². The van der Waals surface area contributed by atoms with Crippen LogP contribution in [0.5, 0.6) is 0 Å². The average Bonchev–Trinajstić information content (AvgIpc) is 2.62. The molecule has 0 unspecified atom stereocenters. The van der Waals surface area contributed by atoms with Gasteiger partial charge in [0, 0.05) is 38.9 Å². The van der Waals surface area contributed by atoms with Crippen molar-refractivity contribution in [2.75, 3.05) is 43.4 Å². The molecule has 6 heteroatoms. The Morgan fingerprint density at radius 3 is 2.50 bits per heavy atom. The molecule has 2 aromatic carbocycles. The highest BCUT2D eigenvalue weighted by Crippen LogP contribution is 2.31. The first-order valence-corrected chi connectivity index (χ1v) is 9.60. The minimum Gasteiger partial charge on any atom is -0.387 e. The number of anilines is 2. The molecule has 2 aromatic rings. The van der Waals surface area contributed by atoms with Crippen molar-refractivity contribution in [2.45, 2.75) is 16.7 Å². The Hall–Kier alpha value is -2.05. The predicted octanol–water partition coefficient (Wildman–Crippen LogP) is 2.28. The van der Waals surface area contributed by atoms with Crippen LogP contribution in [0.25, 0.3) is 0 Å². The summed E-state index contributed by atoms with van der Waals surface area (Å²) in [4.78, 5) is 2.91. The van der Waals surface area contributed by atoms with E-state index in [1.807, 2.05) is 25.1 Å². The minimum atomic E-state index is -3.55. The highest BCUT2D eigenvalue weighted by Gasteiger charge is 2.22. The Morgan fingerprint density at radius 1 is 1.08 bits per heavy atom. The standard InChI is InChI=1S/C18H23N3O2S/c1-14-4-3-5-16(12-14)24(22,23)18-7-6-15(13-17(18)19-2)21-10-8-20-9-11-21/h3-7,12-13,19-20H,8-11H2,1-2H3. The molecule has 1 aliphatic rings. The summed E-state index contributed by atoms with van der Waals surface area (Å²) >= 11 is 0. The van der Waals surface area contributed by atoms with Crippen LogP contribution in [0, 0.1) is 6.92 Å². The second kappa shape index (κ2) is 6.83. The lowest BCUT2D eigenvalue weighted by molar-refractivity contribution is 0.588. The first-order valence-electron chi connectivity index (χ1n) is 8.11. The monoisotopic (exact) mass is 345 g/mol. The van der Waals surface area contributed by atoms with E-state index in [-0.39, 0.29) is 0 Å². The first kappa shape index (κ1) is 16.8. The lowest BCUT2D eigenvalue weighted by Gasteiger charge is -2.30. The fourth-order valence-electron chi connectivity index (χ4n) is 2.98. The molecule has 1 fully saturated rings. The van der Waals surface area contributed by atoms with E-state index in [0.717, 1.165) is 37.4 Å². The van der Waals surface area contributed by atoms with Crippen molar-refractivity contribution >= 4 is 21.2 Å². The van der Waals surface area contributed by atoms with Crippen LogP contribution in [0.15, 0.2) is 52.3 Å². The van der Waals surface area contributed by atoms with E-state index >= 15 is 0 Å². The van der Waals surface area contributed by atoms with E-state index in [9.17, 15) is 8.42 Å². The quantitative estimate of drug-likeness (QED) is 0.890. The van der Waals surface area contributed by atoms with E-state index in [1.165, 1.54) is 0 Å². The normalized spacial score (nSPS) is 15.3. The summed E-state index contributed by atoms with van der Waals surface area (Å²) in [5.41, 5.74) is 2.61. The van der Waals surface area contributed by atoms with Gasteiger partial charge in [-0.1, -0.05) is 12.1 Å². The molecule has 5 nitrogen and oxygen atoms in total. The van der Waals surface area contributed by atoms with E-state index < -0.39 is 9.84 Å². The van der Waals surface area contributed by atoms with Gasteiger partial charge in [0.15, 0.2) is 0 Å². The van der Waals surface area contributed by atoms with Crippen molar-refractivity contribution in [3.8, 4) is 0 Å². The second-order valence-corrected chi connectivity index (χ2v) is 7.91. The van der Waals surface area contributed by atoms with Crippen LogP contribution >= 0.6 is 0 Å². The van der Waals surface area contributed by atoms with Crippen molar-refractivity contribution in [1.82, 2.24) is 5.32 Å². The zero-order chi connectivity index (χ0) is 17.2. The fraction of sp³-hybridized carbons (Fsp3) is 0.333. The predicted molar refractivity (Wildman–Crippen MR) is 97.7 cm³/mol. The number of hydrogen-bond donors (Lipinski definition) is 2. The van der Waals surface area contributed by atoms with Crippen LogP contribution in [0.2, 0.25) is 0 Å². The molecule has 0 aliphatic carbocycles. The van der Waals surface area contributed by atoms with Crippen LogP contribution in [0.4, 0.5) is 11.4 Å². The van der Waals surface area contributed by atoms with Gasteiger partial charge in [0.2, 0.25) is 9.84 Å². The molecule has 0 atom stereocenters. The van der Waals surface area contributed by atoms with Gasteiger partial charge >= 0.3 is 0 Å². The van der Waals surface area contributed by atoms with Gasteiger partial charge in [-0.25, -0.2) is 8.42 Å². The smallest absolute Gasteiger partial charge is 0.208 e. The van der Waals surface area contributed by atoms with Gasteiger partial charge in [0.1, 0.15) is 0 Å². The number of sulfone groups is 1. The van der Waals surface area contributed by atoms with Gasteiger partial charge in [-0.15, -0.1) is 0 Å². The van der Waals surface area contributed by atoms with Gasteiger partial charge < -0.3 is 15.5 Å². The molecule has 0 bridgehead atoms. The SMILES string of the molecule is CNc1cc(N2CCNCC2)ccc1S(=O)(=O)c1cccc(C)c1. The molecule has 128 valence electrons. The van der Waals surface area contributed by atoms with Crippen LogP contribution in [0.1, 0.15) is 5.56 Å². The van der Waals surface area contributed by atoms with Crippen molar-refractivity contribution in [3.63, 3.8) is 0 Å². The van der Waals surface area contributed by atoms with Crippen molar-refractivity contribution in [1.29, 1.82) is 0 Å². The van der Waals surface area contributed by atoms with E-state index in [1.54, 1.807) is 31.3 Å². The molecule has 1 saturated heterocycles. The molecule has 1 aliphatic heterocycles. The second-order valence-electron chi connectivity index (χ2n) is 5.99. The Balaban J connectivity index is 2.01. The molecular formula is C18H23N3O2S. The lowest BCUT2D eigenvalue weighted by Crippen LogP contribution is -2.43.